The van der Waals surface area contributed by atoms with Crippen LogP contribution in [0.5, 0.6) is 0 Å². The summed E-state index contributed by atoms with van der Waals surface area (Å²) in [6, 6.07) is 0. The molecule has 17 heavy (non-hydrogen) atoms. The number of Topliss-reactive ketones (excluding diaryl/α,β-unsaturated/α-hetero) is 1. The number of carbonyl (C=O) groups is 1. The maximum atomic E-state index is 12.4. The number of ketones is 1. The van der Waals surface area contributed by atoms with Gasteiger partial charge in [0.25, 0.3) is 0 Å². The molecule has 1 nitrogen and oxygen atoms in total. The zero-order valence-corrected chi connectivity index (χ0v) is 11.0. The molecule has 0 aromatic carbocycles. The van der Waals surface area contributed by atoms with Gasteiger partial charge in [-0.1, -0.05) is 5.57 Å². The van der Waals surface area contributed by atoms with Crippen molar-refractivity contribution in [3.63, 3.8) is 0 Å². The van der Waals surface area contributed by atoms with Crippen molar-refractivity contribution in [2.45, 2.75) is 51.9 Å². The second kappa shape index (κ2) is 4.26. The molecule has 0 aliphatic heterocycles. The van der Waals surface area contributed by atoms with Gasteiger partial charge >= 0.3 is 0 Å². The Hall–Kier alpha value is -0.590. The van der Waals surface area contributed by atoms with E-state index in [1.54, 1.807) is 0 Å². The van der Waals surface area contributed by atoms with E-state index in [2.05, 4.69) is 6.58 Å². The molecule has 0 amide bonds. The Morgan fingerprint density at radius 2 is 1.53 bits per heavy atom. The van der Waals surface area contributed by atoms with Crippen LogP contribution in [0.1, 0.15) is 51.9 Å². The van der Waals surface area contributed by atoms with Crippen LogP contribution in [0.2, 0.25) is 0 Å². The molecule has 0 N–H and O–H groups in total. The maximum absolute atomic E-state index is 12.4. The molecule has 4 aliphatic rings. The van der Waals surface area contributed by atoms with Gasteiger partial charge in [-0.15, -0.1) is 6.58 Å². The van der Waals surface area contributed by atoms with Crippen LogP contribution in [0.15, 0.2) is 12.2 Å². The third kappa shape index (κ3) is 2.09. The molecule has 4 saturated carbocycles. The second-order valence-electron chi connectivity index (χ2n) is 6.88. The molecule has 0 atom stereocenters. The first-order valence-electron chi connectivity index (χ1n) is 7.30. The molecule has 0 saturated heterocycles. The molecule has 4 fully saturated rings. The molecular weight excluding hydrogens is 208 g/mol. The van der Waals surface area contributed by atoms with Gasteiger partial charge in [0.2, 0.25) is 0 Å². The average Bonchev–Trinajstić information content (AvgIpc) is 2.24. The number of carbonyl (C=O) groups excluding carboxylic acids is 1. The Morgan fingerprint density at radius 3 is 2.00 bits per heavy atom. The van der Waals surface area contributed by atoms with E-state index >= 15 is 0 Å². The number of hydrogen-bond acceptors (Lipinski definition) is 1. The summed E-state index contributed by atoms with van der Waals surface area (Å²) >= 11 is 0. The molecule has 0 radical (unpaired) electrons. The summed E-state index contributed by atoms with van der Waals surface area (Å²) in [4.78, 5) is 12.4. The van der Waals surface area contributed by atoms with Crippen LogP contribution in [0.25, 0.3) is 0 Å². The first kappa shape index (κ1) is 11.5. The summed E-state index contributed by atoms with van der Waals surface area (Å²) in [5.74, 6) is 4.45. The van der Waals surface area contributed by atoms with E-state index in [0.717, 1.165) is 42.1 Å². The third-order valence-electron chi connectivity index (χ3n) is 5.40. The van der Waals surface area contributed by atoms with Crippen molar-refractivity contribution in [2.75, 3.05) is 0 Å². The molecule has 0 aromatic heterocycles. The highest BCUT2D eigenvalue weighted by atomic mass is 16.1. The summed E-state index contributed by atoms with van der Waals surface area (Å²) in [6.07, 6.45) is 8.56. The Balaban J connectivity index is 1.67. The highest BCUT2D eigenvalue weighted by Gasteiger charge is 2.50. The summed E-state index contributed by atoms with van der Waals surface area (Å²) in [5, 5.41) is 0. The van der Waals surface area contributed by atoms with Crippen molar-refractivity contribution >= 4 is 5.78 Å². The van der Waals surface area contributed by atoms with Gasteiger partial charge in [0.1, 0.15) is 5.78 Å². The minimum absolute atomic E-state index is 0.433. The Bertz CT molecular complexity index is 313. The van der Waals surface area contributed by atoms with E-state index < -0.39 is 0 Å². The molecule has 4 aliphatic carbocycles. The van der Waals surface area contributed by atoms with Crippen LogP contribution in [-0.2, 0) is 4.79 Å². The Labute approximate surface area is 105 Å². The van der Waals surface area contributed by atoms with Crippen LogP contribution in [-0.4, -0.2) is 5.78 Å². The standard InChI is InChI=1S/C16H24O/c1-10(2)3-4-15(17)16-13-6-11-5-12(8-13)9-14(16)7-11/h11-14,16H,1,3-9H2,2H3. The first-order chi connectivity index (χ1) is 8.13. The third-order valence-corrected chi connectivity index (χ3v) is 5.40. The lowest BCUT2D eigenvalue weighted by Crippen LogP contribution is -2.47. The SMILES string of the molecule is C=C(C)CCC(=O)C1C2CC3CC(C2)CC1C3. The van der Waals surface area contributed by atoms with Crippen molar-refractivity contribution in [1.29, 1.82) is 0 Å². The van der Waals surface area contributed by atoms with Crippen molar-refractivity contribution in [3.05, 3.63) is 12.2 Å². The topological polar surface area (TPSA) is 17.1 Å². The van der Waals surface area contributed by atoms with Gasteiger partial charge < -0.3 is 0 Å². The molecule has 0 unspecified atom stereocenters. The van der Waals surface area contributed by atoms with Crippen LogP contribution in [0.3, 0.4) is 0 Å². The molecule has 0 heterocycles. The van der Waals surface area contributed by atoms with Gasteiger partial charge in [0.05, 0.1) is 0 Å². The smallest absolute Gasteiger partial charge is 0.136 e. The van der Waals surface area contributed by atoms with E-state index in [0.29, 0.717) is 11.7 Å². The molecule has 1 heteroatoms. The fourth-order valence-corrected chi connectivity index (χ4v) is 4.95. The van der Waals surface area contributed by atoms with E-state index in [4.69, 9.17) is 0 Å². The van der Waals surface area contributed by atoms with Crippen molar-refractivity contribution < 1.29 is 4.79 Å². The van der Waals surface area contributed by atoms with Gasteiger partial charge in [-0.2, -0.15) is 0 Å². The van der Waals surface area contributed by atoms with E-state index in [9.17, 15) is 4.79 Å². The molecule has 0 aromatic rings. The van der Waals surface area contributed by atoms with Gasteiger partial charge in [-0.05, 0) is 69.1 Å². The normalized spacial score (nSPS) is 42.8. The Morgan fingerprint density at radius 1 is 1.00 bits per heavy atom. The fraction of sp³-hybridized carbons (Fsp3) is 0.812. The van der Waals surface area contributed by atoms with E-state index in [1.165, 1.54) is 32.1 Å². The summed E-state index contributed by atoms with van der Waals surface area (Å²) in [5.41, 5.74) is 1.15. The summed E-state index contributed by atoms with van der Waals surface area (Å²) in [6.45, 7) is 5.94. The van der Waals surface area contributed by atoms with Crippen LogP contribution in [0, 0.1) is 29.6 Å². The van der Waals surface area contributed by atoms with Gasteiger partial charge in [0, 0.05) is 12.3 Å². The summed E-state index contributed by atoms with van der Waals surface area (Å²) in [7, 11) is 0. The molecule has 0 spiro atoms. The zero-order chi connectivity index (χ0) is 12.0. The van der Waals surface area contributed by atoms with Crippen LogP contribution >= 0.6 is 0 Å². The van der Waals surface area contributed by atoms with Crippen LogP contribution < -0.4 is 0 Å². The number of rotatable bonds is 4. The predicted octanol–water partition coefficient (Wildman–Crippen LogP) is 3.98. The van der Waals surface area contributed by atoms with Crippen LogP contribution in [0.4, 0.5) is 0 Å². The number of allylic oxidation sites excluding steroid dienone is 1. The fourth-order valence-electron chi connectivity index (χ4n) is 4.95. The second-order valence-corrected chi connectivity index (χ2v) is 6.88. The summed E-state index contributed by atoms with van der Waals surface area (Å²) < 4.78 is 0. The Kier molecular flexibility index (Phi) is 2.88. The number of hydrogen-bond donors (Lipinski definition) is 0. The molecule has 4 bridgehead atoms. The monoisotopic (exact) mass is 232 g/mol. The van der Waals surface area contributed by atoms with Gasteiger partial charge in [-0.25, -0.2) is 0 Å². The highest BCUT2D eigenvalue weighted by Crippen LogP contribution is 2.56. The average molecular weight is 232 g/mol. The van der Waals surface area contributed by atoms with Gasteiger partial charge in [0.15, 0.2) is 0 Å². The molecular formula is C16H24O. The quantitative estimate of drug-likeness (QED) is 0.670. The van der Waals surface area contributed by atoms with Crippen molar-refractivity contribution in [1.82, 2.24) is 0 Å². The van der Waals surface area contributed by atoms with E-state index in [1.807, 2.05) is 6.92 Å². The van der Waals surface area contributed by atoms with Crippen molar-refractivity contribution in [3.8, 4) is 0 Å². The molecule has 94 valence electrons. The van der Waals surface area contributed by atoms with Crippen molar-refractivity contribution in [2.24, 2.45) is 29.6 Å². The highest BCUT2D eigenvalue weighted by molar-refractivity contribution is 5.82. The van der Waals surface area contributed by atoms with E-state index in [-0.39, 0.29) is 0 Å². The lowest BCUT2D eigenvalue weighted by molar-refractivity contribution is -0.135. The lowest BCUT2D eigenvalue weighted by Gasteiger charge is -2.53. The minimum atomic E-state index is 0.433. The minimum Gasteiger partial charge on any atom is -0.299 e. The maximum Gasteiger partial charge on any atom is 0.136 e. The van der Waals surface area contributed by atoms with Gasteiger partial charge in [-0.3, -0.25) is 4.79 Å². The molecule has 4 rings (SSSR count). The lowest BCUT2D eigenvalue weighted by atomic mass is 9.51. The zero-order valence-electron chi connectivity index (χ0n) is 11.0. The predicted molar refractivity (Wildman–Crippen MR) is 69.6 cm³/mol. The largest absolute Gasteiger partial charge is 0.299 e. The first-order valence-corrected chi connectivity index (χ1v) is 7.30.